The lowest BCUT2D eigenvalue weighted by Gasteiger charge is -2.25. The molecule has 1 N–H and O–H groups in total. The van der Waals surface area contributed by atoms with Crippen LogP contribution in [0.2, 0.25) is 0 Å². The number of nitrogens with zero attached hydrogens (tertiary/aromatic N) is 1. The molecule has 26 heavy (non-hydrogen) atoms. The van der Waals surface area contributed by atoms with Gasteiger partial charge in [-0.2, -0.15) is 0 Å². The number of carbonyl (C=O) groups excluding carboxylic acids is 2. The van der Waals surface area contributed by atoms with E-state index in [0.29, 0.717) is 28.3 Å². The van der Waals surface area contributed by atoms with Crippen LogP contribution in [0.15, 0.2) is 42.5 Å². The molecule has 134 valence electrons. The zero-order chi connectivity index (χ0) is 18.5. The van der Waals surface area contributed by atoms with Crippen LogP contribution in [0.4, 0.5) is 5.69 Å². The molecule has 0 radical (unpaired) electrons. The van der Waals surface area contributed by atoms with Gasteiger partial charge < -0.3 is 19.5 Å². The average Bonchev–Trinajstić information content (AvgIpc) is 3.16. The third-order valence-electron chi connectivity index (χ3n) is 4.81. The van der Waals surface area contributed by atoms with Gasteiger partial charge in [0.1, 0.15) is 0 Å². The van der Waals surface area contributed by atoms with E-state index in [1.807, 2.05) is 19.9 Å². The first-order valence-corrected chi connectivity index (χ1v) is 8.50. The zero-order valence-electron chi connectivity index (χ0n) is 14.6. The minimum absolute atomic E-state index is 0.117. The van der Waals surface area contributed by atoms with Crippen LogP contribution in [0.3, 0.4) is 0 Å². The van der Waals surface area contributed by atoms with Crippen molar-refractivity contribution < 1.29 is 24.2 Å². The Kier molecular flexibility index (Phi) is 3.73. The Morgan fingerprint density at radius 2 is 1.92 bits per heavy atom. The van der Waals surface area contributed by atoms with Crippen LogP contribution in [-0.2, 0) is 10.4 Å². The van der Waals surface area contributed by atoms with Crippen molar-refractivity contribution in [3.63, 3.8) is 0 Å². The van der Waals surface area contributed by atoms with Crippen LogP contribution in [0.25, 0.3) is 0 Å². The molecular formula is C20H19NO5. The van der Waals surface area contributed by atoms with E-state index in [1.54, 1.807) is 41.3 Å². The van der Waals surface area contributed by atoms with Crippen molar-refractivity contribution in [1.29, 1.82) is 0 Å². The van der Waals surface area contributed by atoms with Crippen molar-refractivity contribution in [3.8, 4) is 11.5 Å². The second kappa shape index (κ2) is 5.85. The Morgan fingerprint density at radius 1 is 1.19 bits per heavy atom. The first kappa shape index (κ1) is 16.6. The molecule has 4 rings (SSSR count). The van der Waals surface area contributed by atoms with Gasteiger partial charge in [0.05, 0.1) is 12.1 Å². The number of rotatable bonds is 4. The Labute approximate surface area is 151 Å². The van der Waals surface area contributed by atoms with E-state index in [1.165, 1.54) is 0 Å². The molecule has 2 aromatic carbocycles. The van der Waals surface area contributed by atoms with Gasteiger partial charge in [0.15, 0.2) is 22.9 Å². The summed E-state index contributed by atoms with van der Waals surface area (Å²) in [5.41, 5.74) is -0.383. The molecular weight excluding hydrogens is 334 g/mol. The summed E-state index contributed by atoms with van der Waals surface area (Å²) in [5.74, 6) is 0.265. The third kappa shape index (κ3) is 2.37. The highest BCUT2D eigenvalue weighted by Crippen LogP contribution is 2.44. The number of hydrogen-bond donors (Lipinski definition) is 1. The summed E-state index contributed by atoms with van der Waals surface area (Å²) >= 11 is 0. The molecule has 2 aliphatic rings. The Balaban J connectivity index is 1.69. The summed E-state index contributed by atoms with van der Waals surface area (Å²) in [4.78, 5) is 27.3. The molecule has 1 atom stereocenters. The van der Waals surface area contributed by atoms with Crippen molar-refractivity contribution in [2.45, 2.75) is 31.9 Å². The molecule has 0 saturated heterocycles. The summed E-state index contributed by atoms with van der Waals surface area (Å²) in [6, 6.07) is 11.8. The molecule has 2 aromatic rings. The number of ether oxygens (including phenoxy) is 2. The smallest absolute Gasteiger partial charge is 0.264 e. The van der Waals surface area contributed by atoms with Gasteiger partial charge in [-0.25, -0.2) is 0 Å². The number of amides is 1. The topological polar surface area (TPSA) is 76.1 Å². The van der Waals surface area contributed by atoms with Crippen LogP contribution < -0.4 is 14.4 Å². The van der Waals surface area contributed by atoms with Gasteiger partial charge in [0.2, 0.25) is 6.79 Å². The van der Waals surface area contributed by atoms with Crippen molar-refractivity contribution in [3.05, 3.63) is 53.6 Å². The number of ketones is 1. The number of carbonyl (C=O) groups is 2. The van der Waals surface area contributed by atoms with E-state index in [0.717, 1.165) is 0 Å². The standard InChI is InChI=1S/C20H19NO5/c1-12(2)21-15-6-4-3-5-14(15)20(24,19(21)23)10-16(22)13-7-8-17-18(9-13)26-11-25-17/h3-9,12,24H,10-11H2,1-2H3/t20-/m1/s1. The molecule has 0 bridgehead atoms. The van der Waals surface area contributed by atoms with Crippen molar-refractivity contribution in [2.24, 2.45) is 0 Å². The fourth-order valence-corrected chi connectivity index (χ4v) is 3.55. The first-order valence-electron chi connectivity index (χ1n) is 8.50. The maximum Gasteiger partial charge on any atom is 0.264 e. The average molecular weight is 353 g/mol. The molecule has 1 amide bonds. The molecule has 6 nitrogen and oxygen atoms in total. The van der Waals surface area contributed by atoms with Gasteiger partial charge in [-0.15, -0.1) is 0 Å². The van der Waals surface area contributed by atoms with Crippen molar-refractivity contribution >= 4 is 17.4 Å². The second-order valence-electron chi connectivity index (χ2n) is 6.81. The summed E-state index contributed by atoms with van der Waals surface area (Å²) in [7, 11) is 0. The number of anilines is 1. The number of hydrogen-bond acceptors (Lipinski definition) is 5. The Hall–Kier alpha value is -2.86. The molecule has 0 spiro atoms. The molecule has 2 heterocycles. The Bertz CT molecular complexity index is 907. The van der Waals surface area contributed by atoms with Crippen LogP contribution in [0.1, 0.15) is 36.2 Å². The molecule has 2 aliphatic heterocycles. The molecule has 0 fully saturated rings. The minimum Gasteiger partial charge on any atom is -0.454 e. The molecule has 0 unspecified atom stereocenters. The van der Waals surface area contributed by atoms with Gasteiger partial charge in [0.25, 0.3) is 5.91 Å². The summed E-state index contributed by atoms with van der Waals surface area (Å²) in [6.45, 7) is 3.87. The quantitative estimate of drug-likeness (QED) is 0.855. The van der Waals surface area contributed by atoms with Gasteiger partial charge in [-0.05, 0) is 38.1 Å². The largest absolute Gasteiger partial charge is 0.454 e. The van der Waals surface area contributed by atoms with E-state index < -0.39 is 11.5 Å². The summed E-state index contributed by atoms with van der Waals surface area (Å²) < 4.78 is 10.5. The highest BCUT2D eigenvalue weighted by Gasteiger charge is 2.51. The monoisotopic (exact) mass is 353 g/mol. The lowest BCUT2D eigenvalue weighted by Crippen LogP contribution is -2.44. The predicted molar refractivity (Wildman–Crippen MR) is 94.5 cm³/mol. The maximum atomic E-state index is 13.0. The maximum absolute atomic E-state index is 13.0. The van der Waals surface area contributed by atoms with E-state index in [9.17, 15) is 14.7 Å². The Morgan fingerprint density at radius 3 is 2.69 bits per heavy atom. The molecule has 0 aliphatic carbocycles. The van der Waals surface area contributed by atoms with Crippen molar-refractivity contribution in [2.75, 3.05) is 11.7 Å². The van der Waals surface area contributed by atoms with Gasteiger partial charge in [0, 0.05) is 17.2 Å². The van der Waals surface area contributed by atoms with Crippen LogP contribution in [0.5, 0.6) is 11.5 Å². The fraction of sp³-hybridized carbons (Fsp3) is 0.300. The lowest BCUT2D eigenvalue weighted by molar-refractivity contribution is -0.136. The number of Topliss-reactive ketones (excluding diaryl/α,β-unsaturated/α-hetero) is 1. The predicted octanol–water partition coefficient (Wildman–Crippen LogP) is 2.63. The zero-order valence-corrected chi connectivity index (χ0v) is 14.6. The summed E-state index contributed by atoms with van der Waals surface area (Å²) in [5, 5.41) is 11.2. The number of benzene rings is 2. The number of para-hydroxylation sites is 1. The van der Waals surface area contributed by atoms with E-state index in [2.05, 4.69) is 0 Å². The molecule has 0 aromatic heterocycles. The van der Waals surface area contributed by atoms with E-state index >= 15 is 0 Å². The number of aliphatic hydroxyl groups is 1. The highest BCUT2D eigenvalue weighted by molar-refractivity contribution is 6.11. The third-order valence-corrected chi connectivity index (χ3v) is 4.81. The van der Waals surface area contributed by atoms with Crippen molar-refractivity contribution in [1.82, 2.24) is 0 Å². The van der Waals surface area contributed by atoms with Crippen LogP contribution >= 0.6 is 0 Å². The second-order valence-corrected chi connectivity index (χ2v) is 6.81. The highest BCUT2D eigenvalue weighted by atomic mass is 16.7. The van der Waals surface area contributed by atoms with Crippen LogP contribution in [0, 0.1) is 0 Å². The van der Waals surface area contributed by atoms with E-state index in [-0.39, 0.29) is 25.0 Å². The number of fused-ring (bicyclic) bond motifs is 2. The van der Waals surface area contributed by atoms with Gasteiger partial charge >= 0.3 is 0 Å². The minimum atomic E-state index is -1.87. The van der Waals surface area contributed by atoms with E-state index in [4.69, 9.17) is 9.47 Å². The first-order chi connectivity index (χ1) is 12.4. The van der Waals surface area contributed by atoms with Crippen LogP contribution in [-0.4, -0.2) is 29.6 Å². The molecule has 6 heteroatoms. The lowest BCUT2D eigenvalue weighted by atomic mass is 9.88. The molecule has 0 saturated carbocycles. The summed E-state index contributed by atoms with van der Waals surface area (Å²) in [6.07, 6.45) is -0.328. The SMILES string of the molecule is CC(C)N1C(=O)[C@@](O)(CC(=O)c2ccc3c(c2)OCO3)c2ccccc21. The van der Waals surface area contributed by atoms with Gasteiger partial charge in [-0.3, -0.25) is 9.59 Å². The normalized spacial score (nSPS) is 20.6. The van der Waals surface area contributed by atoms with Gasteiger partial charge in [-0.1, -0.05) is 18.2 Å². The fourth-order valence-electron chi connectivity index (χ4n) is 3.55.